The number of Topliss-reactive ketones (excluding diaryl/α,β-unsaturated/α-hetero) is 6. The van der Waals surface area contributed by atoms with Crippen molar-refractivity contribution >= 4 is 34.7 Å². The zero-order chi connectivity index (χ0) is 172. The maximum atomic E-state index is 13.9. The molecule has 0 aromatic heterocycles. The average molecular weight is 2030 g/mol. The molecule has 0 bridgehead atoms. The Balaban J connectivity index is 0.000000211. The summed E-state index contributed by atoms with van der Waals surface area (Å²) in [6.45, 7) is -24.2. The van der Waals surface area contributed by atoms with Crippen LogP contribution in [0.3, 0.4) is 0 Å². The molecule has 0 saturated carbocycles. The summed E-state index contributed by atoms with van der Waals surface area (Å²) >= 11 is 0. The minimum atomic E-state index is -4.12. The van der Waals surface area contributed by atoms with Gasteiger partial charge in [0, 0.05) is 266 Å². The van der Waals surface area contributed by atoms with Crippen molar-refractivity contribution in [1.82, 2.24) is 29.4 Å². The summed E-state index contributed by atoms with van der Waals surface area (Å²) < 4.78 is 720. The first kappa shape index (κ1) is 45.0. The third kappa shape index (κ3) is 25.6. The number of methoxy groups -OCH3 is 12. The number of piperidine rings is 6. The number of nitrogens with zero attached hydrogens (tertiary/aromatic N) is 6. The van der Waals surface area contributed by atoms with Crippen molar-refractivity contribution in [3.63, 3.8) is 0 Å². The normalized spacial score (nSPS) is 44.6. The Kier molecular flexibility index (Phi) is 15.9. The van der Waals surface area contributed by atoms with Crippen molar-refractivity contribution in [2.24, 2.45) is 70.9 Å². The zero-order valence-corrected chi connectivity index (χ0v) is 80.0. The fourth-order valence-corrected chi connectivity index (χ4v) is 16.9. The number of fused-ring (bicyclic) bond motifs is 18. The molecule has 12 aliphatic heterocycles. The molecule has 6 fully saturated rings. The number of hydrogen-bond acceptors (Lipinski definition) is 24. The first-order valence-corrected chi connectivity index (χ1v) is 44.4. The maximum absolute atomic E-state index is 13.9. The fraction of sp³-hybridized carbons (Fsp3) is 0.641. The lowest BCUT2D eigenvalue weighted by Gasteiger charge is -2.43. The van der Waals surface area contributed by atoms with E-state index in [1.54, 1.807) is 27.7 Å². The highest BCUT2D eigenvalue weighted by atomic mass is 16.5. The monoisotopic (exact) mass is 2030 g/mol. The SMILES string of the molecule is [2H]C([2H])([2H])Oc1cc2c(cc1OC)C1([2H])CC(=O)C(C([2H])([2H])C([2H])(C([2H])([2H])[2H])C([2H])([2H])C)CN1C([2H])([2H])C2([2H])[2H].[2H]C([2H])([2H])Oc1cc2c(cc1OC)C1([2H])CC(=O)C(CC(C)C)C([2H])([2H])N1C([2H])([2H])C2([2H])[2H].[2H]C([2H])([2H])Oc1cc2c(cc1OC)C1([2H])CC(=O)C(CC(C)C)CN1C([2H])([2H])C2([2H])[2H].[2H]C([2H])([2H])Oc1cc2c(cc1OC)C1([2H])N(CC([2H])(C([2H])([2H])C([2H])(C([2H])([2H])[2H])C([2H])([2H])C)C(=O)C1([2H])[2H])C([2H])([2H])C2([2H])[2H].[2H]C([2H])([2H])Oc1cc2c(cc1OC)C1([2H])N(CC([2H])(CC(C)C)C(=O)C1([2H])[2H])C([2H])([2H])C2([2H])[2H].[2H]C([2H])([2H])Oc1cc2c(cc1OC)C1N(CC2)C([2H])([2H])C([2H])(C([2H])([2H])C([2H])(C([2H])([2H])[2H])C([2H])([2H])C)C(=O)C1([2H])[2H]. The highest BCUT2D eigenvalue weighted by Gasteiger charge is 2.47. The van der Waals surface area contributed by atoms with Crippen molar-refractivity contribution in [2.75, 3.05) is 163 Å². The summed E-state index contributed by atoms with van der Waals surface area (Å²) in [6.07, 6.45) is -47.7. The van der Waals surface area contributed by atoms with Crippen LogP contribution in [0.5, 0.6) is 69.0 Å². The first-order chi connectivity index (χ1) is 98.0. The summed E-state index contributed by atoms with van der Waals surface area (Å²) in [6, 6.07) is -2.40. The Morgan fingerprint density at radius 1 is 0.326 bits per heavy atom. The van der Waals surface area contributed by atoms with Crippen molar-refractivity contribution in [2.45, 2.75) is 253 Å². The van der Waals surface area contributed by atoms with E-state index in [4.69, 9.17) is 164 Å². The Morgan fingerprint density at radius 3 is 1.01 bits per heavy atom. The second-order valence-electron chi connectivity index (χ2n) is 34.3. The van der Waals surface area contributed by atoms with Gasteiger partial charge in [-0.15, -0.1) is 0 Å². The van der Waals surface area contributed by atoms with Crippen LogP contribution < -0.4 is 56.8 Å². The van der Waals surface area contributed by atoms with E-state index >= 15 is 0 Å². The van der Waals surface area contributed by atoms with E-state index in [0.717, 1.165) is 80.8 Å². The number of carbonyl (C=O) groups excluding carboxylic acids is 6. The van der Waals surface area contributed by atoms with Gasteiger partial charge in [-0.2, -0.15) is 0 Å². The van der Waals surface area contributed by atoms with Crippen LogP contribution in [0.1, 0.15) is 391 Å². The summed E-state index contributed by atoms with van der Waals surface area (Å²) in [5, 5.41) is 0. The molecule has 24 heteroatoms. The number of hydrogen-bond donors (Lipinski definition) is 0. The Bertz CT molecular complexity index is 9140. The number of ketones is 6. The lowest BCUT2D eigenvalue weighted by molar-refractivity contribution is -0.130. The number of rotatable bonds is 27. The van der Waals surface area contributed by atoms with E-state index in [-0.39, 0.29) is 140 Å². The predicted octanol–water partition coefficient (Wildman–Crippen LogP) is 20.6. The van der Waals surface area contributed by atoms with Gasteiger partial charge in [-0.25, -0.2) is 0 Å². The smallest absolute Gasteiger partial charge is 0.161 e. The summed E-state index contributed by atoms with van der Waals surface area (Å²) in [5.41, 5.74) is -3.88. The van der Waals surface area contributed by atoms with E-state index in [2.05, 4.69) is 0 Å². The largest absolute Gasteiger partial charge is 0.493 e. The van der Waals surface area contributed by atoms with Gasteiger partial charge in [0.2, 0.25) is 0 Å². The molecule has 0 aliphatic carbocycles. The standard InChI is InChI=1S/3C20H29NO3.3C19H27NO3/c3*1-5-13(2)8-15-12-21-7-6-14-9-19(23-3)20(24-4)10-16(14)17(21)11-18(15)22;3*1-12(2)7-14-11-20-6-5-13-8-18(22-3)19(23-4)9-15(13)16(20)10-17(14)21/h3*9-10,13,15,17H,5-8,11-12H2,1-4H3;3*8-9,12,14,16H,5-7,10-11H2,1-4H3/i2D3,3D3,5D2,6D2,7D2,8D2,11D2,13D,15D,17D;2D3,3D3,5D2,8D2,11D2,12D2,13D,15D;2D3,3D3,5D2,6D2,7D2,8D2,13D,17D;3D3,5D2,6D2,10D2,14D,16D;3D3,5D2,6D2,11D2,16D;3D3,5D2,6D2,16D. The van der Waals surface area contributed by atoms with Gasteiger partial charge in [0.1, 0.15) is 34.7 Å². The van der Waals surface area contributed by atoms with Crippen LogP contribution in [0.2, 0.25) is 0 Å². The maximum Gasteiger partial charge on any atom is 0.161 e. The van der Waals surface area contributed by atoms with Crippen molar-refractivity contribution in [3.05, 3.63) is 140 Å². The van der Waals surface area contributed by atoms with Crippen LogP contribution in [0.15, 0.2) is 72.8 Å². The molecule has 12 aliphatic rings. The van der Waals surface area contributed by atoms with E-state index in [0.29, 0.717) is 52.9 Å². The van der Waals surface area contributed by atoms with Crippen LogP contribution >= 0.6 is 0 Å². The molecule has 141 heavy (non-hydrogen) atoms. The molecule has 15 atom stereocenters. The summed E-state index contributed by atoms with van der Waals surface area (Å²) in [4.78, 5) is 83.9. The lowest BCUT2D eigenvalue weighted by Crippen LogP contribution is -2.46. The van der Waals surface area contributed by atoms with E-state index in [1.165, 1.54) is 33.5 Å². The second-order valence-corrected chi connectivity index (χ2v) is 34.3. The van der Waals surface area contributed by atoms with E-state index in [9.17, 15) is 31.5 Å². The van der Waals surface area contributed by atoms with Crippen molar-refractivity contribution in [1.29, 1.82) is 0 Å². The quantitative estimate of drug-likeness (QED) is 0.0466. The molecule has 15 unspecified atom stereocenters. The van der Waals surface area contributed by atoms with Crippen LogP contribution in [-0.4, -0.2) is 227 Å². The molecule has 0 N–H and O–H groups in total. The molecule has 18 rings (SSSR count). The number of aryl methyl sites for hydroxylation is 5. The fourth-order valence-electron chi connectivity index (χ4n) is 16.9. The highest BCUT2D eigenvalue weighted by molar-refractivity contribution is 5.86. The van der Waals surface area contributed by atoms with Gasteiger partial charge in [0.15, 0.2) is 69.0 Å². The van der Waals surface area contributed by atoms with Gasteiger partial charge in [0.25, 0.3) is 0 Å². The molecule has 6 saturated heterocycles. The van der Waals surface area contributed by atoms with Gasteiger partial charge in [-0.3, -0.25) is 58.2 Å². The first-order valence-electron chi connectivity index (χ1n) is 84.4. The number of ether oxygens (including phenoxy) is 12. The average Bonchev–Trinajstić information content (AvgIpc) is 0.651. The Morgan fingerprint density at radius 2 is 0.631 bits per heavy atom. The van der Waals surface area contributed by atoms with E-state index < -0.39 is 411 Å². The van der Waals surface area contributed by atoms with Crippen LogP contribution in [0.4, 0.5) is 0 Å². The minimum absolute atomic E-state index is 0.0311. The molecular formula is C117H168N6O18. The number of carbonyl (C=O) groups is 6. The topological polar surface area (TPSA) is 233 Å². The molecule has 0 radical (unpaired) electrons. The molecule has 0 amide bonds. The zero-order valence-electron chi connectivity index (χ0n) is 160. The molecular weight excluding hydrogens is 1780 g/mol. The third-order valence-electron chi connectivity index (χ3n) is 23.8. The Labute approximate surface area is 955 Å². The van der Waals surface area contributed by atoms with Gasteiger partial charge in [-0.1, -0.05) is 102 Å². The molecule has 12 heterocycles. The van der Waals surface area contributed by atoms with Crippen LogP contribution in [0.25, 0.3) is 0 Å². The van der Waals surface area contributed by atoms with Gasteiger partial charge in [0.05, 0.1) is 116 Å². The van der Waals surface area contributed by atoms with Gasteiger partial charge >= 0.3 is 0 Å². The highest BCUT2D eigenvalue weighted by Crippen LogP contribution is 2.51. The molecule has 6 aromatic rings. The Hall–Kier alpha value is -9.30. The minimum Gasteiger partial charge on any atom is -0.493 e. The summed E-state index contributed by atoms with van der Waals surface area (Å²) in [7, 11) is -10.7. The van der Waals surface area contributed by atoms with Crippen molar-refractivity contribution < 1.29 is 195 Å². The molecule has 6 aromatic carbocycles. The van der Waals surface area contributed by atoms with Crippen LogP contribution in [-0.2, 0) is 67.1 Å². The van der Waals surface area contributed by atoms with E-state index in [1.807, 2.05) is 13.8 Å². The van der Waals surface area contributed by atoms with Gasteiger partial charge in [-0.05, 0) is 252 Å². The molecule has 0 spiro atoms. The molecule has 24 nitrogen and oxygen atoms in total. The van der Waals surface area contributed by atoms with Crippen LogP contribution in [0, 0.1) is 70.9 Å². The number of benzene rings is 6. The van der Waals surface area contributed by atoms with Gasteiger partial charge < -0.3 is 56.8 Å². The lowest BCUT2D eigenvalue weighted by atomic mass is 9.79. The second kappa shape index (κ2) is 50.0. The summed E-state index contributed by atoms with van der Waals surface area (Å²) in [5.74, 6) is -36.2. The third-order valence-corrected chi connectivity index (χ3v) is 23.8. The van der Waals surface area contributed by atoms with Crippen molar-refractivity contribution in [3.8, 4) is 69.0 Å². The molecule has 774 valence electrons. The predicted molar refractivity (Wildman–Crippen MR) is 555 cm³/mol.